The number of nitrogens with zero attached hydrogens (tertiary/aromatic N) is 2. The molecule has 0 radical (unpaired) electrons. The molecule has 5 nitrogen and oxygen atoms in total. The fraction of sp³-hybridized carbons (Fsp3) is 0.0909. The van der Waals surface area contributed by atoms with E-state index >= 15 is 0 Å². The van der Waals surface area contributed by atoms with Gasteiger partial charge in [-0.15, -0.1) is 0 Å². The van der Waals surface area contributed by atoms with Crippen LogP contribution in [0.5, 0.6) is 11.6 Å². The molecule has 18 heavy (non-hydrogen) atoms. The number of halogens is 1. The first-order valence-corrected chi connectivity index (χ1v) is 6.80. The van der Waals surface area contributed by atoms with Crippen LogP contribution in [-0.2, 0) is 9.84 Å². The zero-order valence-electron chi connectivity index (χ0n) is 9.37. The maximum atomic E-state index is 12.7. The van der Waals surface area contributed by atoms with Gasteiger partial charge >= 0.3 is 0 Å². The Balaban J connectivity index is 2.18. The molecule has 0 bridgehead atoms. The Bertz CT molecular complexity index is 639. The van der Waals surface area contributed by atoms with Crippen LogP contribution in [0.4, 0.5) is 4.39 Å². The Morgan fingerprint density at radius 2 is 1.78 bits per heavy atom. The van der Waals surface area contributed by atoms with Crippen molar-refractivity contribution < 1.29 is 17.5 Å². The molecule has 0 saturated heterocycles. The van der Waals surface area contributed by atoms with Gasteiger partial charge in [0.1, 0.15) is 11.6 Å². The lowest BCUT2D eigenvalue weighted by molar-refractivity contribution is 0.456. The van der Waals surface area contributed by atoms with Gasteiger partial charge in [0.2, 0.25) is 5.88 Å². The second-order valence-corrected chi connectivity index (χ2v) is 5.48. The molecule has 1 aromatic carbocycles. The molecule has 0 spiro atoms. The van der Waals surface area contributed by atoms with E-state index in [0.29, 0.717) is 5.75 Å². The van der Waals surface area contributed by atoms with Gasteiger partial charge < -0.3 is 4.74 Å². The molecule has 0 unspecified atom stereocenters. The molecule has 94 valence electrons. The molecular formula is C11H9FN2O3S. The van der Waals surface area contributed by atoms with Crippen LogP contribution in [0.3, 0.4) is 0 Å². The van der Waals surface area contributed by atoms with E-state index in [0.717, 1.165) is 12.5 Å². The molecule has 0 aliphatic heterocycles. The minimum Gasteiger partial charge on any atom is -0.438 e. The molecule has 0 aliphatic rings. The Labute approximate surface area is 103 Å². The highest BCUT2D eigenvalue weighted by Gasteiger charge is 2.09. The summed E-state index contributed by atoms with van der Waals surface area (Å²) in [6.07, 6.45) is 3.34. The summed E-state index contributed by atoms with van der Waals surface area (Å²) in [5.41, 5.74) is 0. The fourth-order valence-electron chi connectivity index (χ4n) is 1.17. The van der Waals surface area contributed by atoms with E-state index < -0.39 is 9.84 Å². The Morgan fingerprint density at radius 1 is 1.11 bits per heavy atom. The number of sulfone groups is 1. The van der Waals surface area contributed by atoms with Crippen LogP contribution in [0.25, 0.3) is 0 Å². The summed E-state index contributed by atoms with van der Waals surface area (Å²) in [4.78, 5) is 7.52. The molecule has 0 amide bonds. The van der Waals surface area contributed by atoms with E-state index in [2.05, 4.69) is 9.97 Å². The predicted octanol–water partition coefficient (Wildman–Crippen LogP) is 1.81. The van der Waals surface area contributed by atoms with Crippen molar-refractivity contribution in [2.45, 2.75) is 5.03 Å². The lowest BCUT2D eigenvalue weighted by Crippen LogP contribution is -2.01. The van der Waals surface area contributed by atoms with Crippen molar-refractivity contribution in [3.63, 3.8) is 0 Å². The molecule has 1 aromatic heterocycles. The maximum Gasteiger partial charge on any atom is 0.237 e. The zero-order valence-corrected chi connectivity index (χ0v) is 10.2. The largest absolute Gasteiger partial charge is 0.438 e. The number of benzene rings is 1. The summed E-state index contributed by atoms with van der Waals surface area (Å²) >= 11 is 0. The van der Waals surface area contributed by atoms with E-state index in [9.17, 15) is 12.8 Å². The van der Waals surface area contributed by atoms with E-state index in [1.165, 1.54) is 30.5 Å². The van der Waals surface area contributed by atoms with E-state index in [4.69, 9.17) is 4.74 Å². The predicted molar refractivity (Wildman–Crippen MR) is 61.6 cm³/mol. The lowest BCUT2D eigenvalue weighted by Gasteiger charge is -2.04. The average Bonchev–Trinajstić information content (AvgIpc) is 2.32. The standard InChI is InChI=1S/C11H9FN2O3S/c1-18(15,16)11-7-13-10(6-14-11)17-9-4-2-8(12)3-5-9/h2-7H,1H3. The second-order valence-electron chi connectivity index (χ2n) is 3.52. The van der Waals surface area contributed by atoms with E-state index in [1.54, 1.807) is 0 Å². The first kappa shape index (κ1) is 12.4. The normalized spacial score (nSPS) is 11.2. The summed E-state index contributed by atoms with van der Waals surface area (Å²) in [5, 5.41) is -0.131. The van der Waals surface area contributed by atoms with E-state index in [1.807, 2.05) is 0 Å². The van der Waals surface area contributed by atoms with Gasteiger partial charge in [0.05, 0.1) is 12.4 Å². The highest BCUT2D eigenvalue weighted by molar-refractivity contribution is 7.90. The van der Waals surface area contributed by atoms with Crippen LogP contribution in [0, 0.1) is 5.82 Å². The summed E-state index contributed by atoms with van der Waals surface area (Å²) < 4.78 is 40.2. The van der Waals surface area contributed by atoms with Gasteiger partial charge in [-0.05, 0) is 24.3 Å². The molecule has 2 aromatic rings. The van der Waals surface area contributed by atoms with Crippen molar-refractivity contribution in [2.24, 2.45) is 0 Å². The molecule has 7 heteroatoms. The van der Waals surface area contributed by atoms with Crippen molar-refractivity contribution in [3.8, 4) is 11.6 Å². The van der Waals surface area contributed by atoms with Crippen LogP contribution in [0.2, 0.25) is 0 Å². The zero-order chi connectivity index (χ0) is 13.2. The summed E-state index contributed by atoms with van der Waals surface area (Å²) in [5.74, 6) is 0.146. The average molecular weight is 268 g/mol. The molecular weight excluding hydrogens is 259 g/mol. The van der Waals surface area contributed by atoms with Crippen molar-refractivity contribution in [3.05, 3.63) is 42.5 Å². The monoisotopic (exact) mass is 268 g/mol. The van der Waals surface area contributed by atoms with Gasteiger partial charge in [-0.25, -0.2) is 22.8 Å². The number of hydrogen-bond donors (Lipinski definition) is 0. The third-order valence-corrected chi connectivity index (χ3v) is 2.99. The molecule has 0 N–H and O–H groups in total. The summed E-state index contributed by atoms with van der Waals surface area (Å²) in [6.45, 7) is 0. The number of rotatable bonds is 3. The van der Waals surface area contributed by atoms with Crippen LogP contribution in [0.1, 0.15) is 0 Å². The first-order valence-electron chi connectivity index (χ1n) is 4.91. The molecule has 0 atom stereocenters. The summed E-state index contributed by atoms with van der Waals surface area (Å²) in [7, 11) is -3.38. The smallest absolute Gasteiger partial charge is 0.237 e. The van der Waals surface area contributed by atoms with Crippen LogP contribution >= 0.6 is 0 Å². The Hall–Kier alpha value is -2.02. The molecule has 0 aliphatic carbocycles. The molecule has 0 saturated carbocycles. The Kier molecular flexibility index (Phi) is 3.24. The van der Waals surface area contributed by atoms with Gasteiger partial charge in [0.15, 0.2) is 14.9 Å². The van der Waals surface area contributed by atoms with Crippen molar-refractivity contribution in [1.82, 2.24) is 9.97 Å². The van der Waals surface area contributed by atoms with Crippen molar-refractivity contribution >= 4 is 9.84 Å². The lowest BCUT2D eigenvalue weighted by atomic mass is 10.3. The quantitative estimate of drug-likeness (QED) is 0.849. The van der Waals surface area contributed by atoms with Crippen LogP contribution in [-0.4, -0.2) is 24.6 Å². The Morgan fingerprint density at radius 3 is 2.28 bits per heavy atom. The molecule has 0 fully saturated rings. The fourth-order valence-corrected chi connectivity index (χ4v) is 1.66. The van der Waals surface area contributed by atoms with E-state index in [-0.39, 0.29) is 16.7 Å². The second kappa shape index (κ2) is 4.69. The summed E-state index contributed by atoms with van der Waals surface area (Å²) in [6, 6.07) is 5.35. The number of aromatic nitrogens is 2. The van der Waals surface area contributed by atoms with Gasteiger partial charge in [0, 0.05) is 6.26 Å². The van der Waals surface area contributed by atoms with Crippen LogP contribution < -0.4 is 4.74 Å². The maximum absolute atomic E-state index is 12.7. The third kappa shape index (κ3) is 3.01. The number of ether oxygens (including phenoxy) is 1. The topological polar surface area (TPSA) is 69.2 Å². The highest BCUT2D eigenvalue weighted by Crippen LogP contribution is 2.19. The van der Waals surface area contributed by atoms with Gasteiger partial charge in [-0.1, -0.05) is 0 Å². The van der Waals surface area contributed by atoms with Gasteiger partial charge in [-0.2, -0.15) is 0 Å². The minimum atomic E-state index is -3.38. The minimum absolute atomic E-state index is 0.131. The van der Waals surface area contributed by atoms with Gasteiger partial charge in [-0.3, -0.25) is 0 Å². The third-order valence-electron chi connectivity index (χ3n) is 2.02. The SMILES string of the molecule is CS(=O)(=O)c1cnc(Oc2ccc(F)cc2)cn1. The van der Waals surface area contributed by atoms with Crippen LogP contribution in [0.15, 0.2) is 41.7 Å². The highest BCUT2D eigenvalue weighted by atomic mass is 32.2. The number of hydrogen-bond acceptors (Lipinski definition) is 5. The van der Waals surface area contributed by atoms with Gasteiger partial charge in [0.25, 0.3) is 0 Å². The first-order chi connectivity index (χ1) is 8.45. The van der Waals surface area contributed by atoms with Crippen molar-refractivity contribution in [1.29, 1.82) is 0 Å². The molecule has 2 rings (SSSR count). The molecule has 1 heterocycles. The van der Waals surface area contributed by atoms with Crippen molar-refractivity contribution in [2.75, 3.05) is 6.26 Å².